The lowest BCUT2D eigenvalue weighted by molar-refractivity contribution is -0.151. The number of para-hydroxylation sites is 2. The van der Waals surface area contributed by atoms with Crippen molar-refractivity contribution in [3.05, 3.63) is 24.3 Å². The summed E-state index contributed by atoms with van der Waals surface area (Å²) in [5, 5.41) is 2.38. The Morgan fingerprint density at radius 3 is 2.71 bits per heavy atom. The van der Waals surface area contributed by atoms with Crippen molar-refractivity contribution in [2.24, 2.45) is 0 Å². The monoisotopic (exact) mass is 237 g/mol. The summed E-state index contributed by atoms with van der Waals surface area (Å²) in [4.78, 5) is 32.0. The molecule has 1 rings (SSSR count). The predicted octanol–water partition coefficient (Wildman–Crippen LogP) is 0.723. The van der Waals surface area contributed by atoms with E-state index in [2.05, 4.69) is 10.1 Å². The van der Waals surface area contributed by atoms with Gasteiger partial charge in [-0.1, -0.05) is 12.1 Å². The van der Waals surface area contributed by atoms with Gasteiger partial charge in [-0.05, 0) is 12.1 Å². The molecular weight excluding hydrogens is 226 g/mol. The van der Waals surface area contributed by atoms with Gasteiger partial charge in [0.2, 0.25) is 6.41 Å². The van der Waals surface area contributed by atoms with E-state index < -0.39 is 18.5 Å². The molecule has 1 aromatic rings. The fraction of sp³-hybridized carbons (Fsp3) is 0.182. The maximum atomic E-state index is 11.3. The second kappa shape index (κ2) is 6.26. The zero-order chi connectivity index (χ0) is 12.7. The van der Waals surface area contributed by atoms with Crippen LogP contribution in [-0.4, -0.2) is 25.0 Å². The zero-order valence-electron chi connectivity index (χ0n) is 9.14. The first-order valence-electron chi connectivity index (χ1n) is 4.76. The van der Waals surface area contributed by atoms with E-state index in [4.69, 9.17) is 4.74 Å². The average molecular weight is 237 g/mol. The highest BCUT2D eigenvalue weighted by molar-refractivity contribution is 5.81. The quantitative estimate of drug-likeness (QED) is 0.463. The Morgan fingerprint density at radius 2 is 2.06 bits per heavy atom. The van der Waals surface area contributed by atoms with Crippen molar-refractivity contribution in [2.75, 3.05) is 11.9 Å². The summed E-state index contributed by atoms with van der Waals surface area (Å²) in [6, 6.07) is 6.40. The van der Waals surface area contributed by atoms with Crippen molar-refractivity contribution < 1.29 is 23.9 Å². The van der Waals surface area contributed by atoms with Crippen LogP contribution in [0.2, 0.25) is 0 Å². The van der Waals surface area contributed by atoms with Crippen LogP contribution in [0.1, 0.15) is 6.92 Å². The summed E-state index contributed by atoms with van der Waals surface area (Å²) in [7, 11) is 0. The van der Waals surface area contributed by atoms with Crippen LogP contribution >= 0.6 is 0 Å². The number of carbonyl (C=O) groups excluding carboxylic acids is 3. The van der Waals surface area contributed by atoms with Gasteiger partial charge in [-0.15, -0.1) is 0 Å². The summed E-state index contributed by atoms with van der Waals surface area (Å²) in [6.07, 6.45) is 0.471. The Balaban J connectivity index is 2.63. The van der Waals surface area contributed by atoms with Gasteiger partial charge in [-0.25, -0.2) is 4.79 Å². The summed E-state index contributed by atoms with van der Waals surface area (Å²) in [6.45, 7) is 0.722. The van der Waals surface area contributed by atoms with E-state index in [1.54, 1.807) is 18.2 Å². The van der Waals surface area contributed by atoms with Gasteiger partial charge in [-0.3, -0.25) is 9.59 Å². The number of anilines is 1. The molecule has 0 radical (unpaired) electrons. The average Bonchev–Trinajstić information content (AvgIpc) is 2.29. The van der Waals surface area contributed by atoms with Crippen LogP contribution in [0.3, 0.4) is 0 Å². The fourth-order valence-electron chi connectivity index (χ4n) is 1.05. The Kier molecular flexibility index (Phi) is 4.68. The number of nitrogens with one attached hydrogen (secondary N) is 1. The number of hydrogen-bond acceptors (Lipinski definition) is 5. The normalized spacial score (nSPS) is 9.24. The van der Waals surface area contributed by atoms with Crippen LogP contribution in [0.4, 0.5) is 5.69 Å². The highest BCUT2D eigenvalue weighted by Crippen LogP contribution is 2.22. The lowest BCUT2D eigenvalue weighted by Gasteiger charge is -2.08. The minimum Gasteiger partial charge on any atom is -0.454 e. The number of rotatable bonds is 5. The molecule has 90 valence electrons. The SMILES string of the molecule is CC(=O)OCC(=O)Oc1ccccc1NC=O. The third-order valence-electron chi connectivity index (χ3n) is 1.72. The van der Waals surface area contributed by atoms with Crippen molar-refractivity contribution in [1.82, 2.24) is 0 Å². The van der Waals surface area contributed by atoms with Gasteiger partial charge in [-0.2, -0.15) is 0 Å². The maximum absolute atomic E-state index is 11.3. The molecule has 6 nitrogen and oxygen atoms in total. The van der Waals surface area contributed by atoms with Gasteiger partial charge < -0.3 is 14.8 Å². The van der Waals surface area contributed by atoms with E-state index in [-0.39, 0.29) is 5.75 Å². The zero-order valence-corrected chi connectivity index (χ0v) is 9.14. The van der Waals surface area contributed by atoms with Gasteiger partial charge in [0.05, 0.1) is 5.69 Å². The summed E-state index contributed by atoms with van der Waals surface area (Å²) in [5.41, 5.74) is 0.360. The third kappa shape index (κ3) is 4.33. The number of carbonyl (C=O) groups is 3. The fourth-order valence-corrected chi connectivity index (χ4v) is 1.05. The van der Waals surface area contributed by atoms with Gasteiger partial charge in [0, 0.05) is 6.92 Å². The van der Waals surface area contributed by atoms with Crippen molar-refractivity contribution in [3.8, 4) is 5.75 Å². The molecule has 17 heavy (non-hydrogen) atoms. The van der Waals surface area contributed by atoms with Gasteiger partial charge in [0.1, 0.15) is 0 Å². The van der Waals surface area contributed by atoms with Gasteiger partial charge >= 0.3 is 11.9 Å². The molecule has 0 saturated heterocycles. The van der Waals surface area contributed by atoms with Crippen LogP contribution in [-0.2, 0) is 19.1 Å². The Morgan fingerprint density at radius 1 is 1.35 bits per heavy atom. The first-order chi connectivity index (χ1) is 8.13. The molecule has 1 N–H and O–H groups in total. The number of amides is 1. The number of esters is 2. The Bertz CT molecular complexity index is 430. The highest BCUT2D eigenvalue weighted by Gasteiger charge is 2.09. The maximum Gasteiger partial charge on any atom is 0.349 e. The van der Waals surface area contributed by atoms with E-state index in [0.717, 1.165) is 0 Å². The molecule has 0 saturated carbocycles. The number of ether oxygens (including phenoxy) is 2. The molecule has 6 heteroatoms. The first-order valence-corrected chi connectivity index (χ1v) is 4.76. The van der Waals surface area contributed by atoms with E-state index >= 15 is 0 Å². The smallest absolute Gasteiger partial charge is 0.349 e. The summed E-state index contributed by atoms with van der Waals surface area (Å²) < 4.78 is 9.38. The van der Waals surface area contributed by atoms with Crippen molar-refractivity contribution in [1.29, 1.82) is 0 Å². The summed E-state index contributed by atoms with van der Waals surface area (Å²) >= 11 is 0. The molecule has 0 spiro atoms. The Labute approximate surface area is 97.5 Å². The molecule has 0 aliphatic heterocycles. The largest absolute Gasteiger partial charge is 0.454 e. The van der Waals surface area contributed by atoms with E-state index in [0.29, 0.717) is 12.1 Å². The van der Waals surface area contributed by atoms with E-state index in [1.165, 1.54) is 13.0 Å². The molecule has 0 aliphatic rings. The van der Waals surface area contributed by atoms with Gasteiger partial charge in [0.15, 0.2) is 12.4 Å². The lowest BCUT2D eigenvalue weighted by atomic mass is 10.3. The van der Waals surface area contributed by atoms with Crippen molar-refractivity contribution >= 4 is 24.0 Å². The van der Waals surface area contributed by atoms with Crippen LogP contribution in [0, 0.1) is 0 Å². The lowest BCUT2D eigenvalue weighted by Crippen LogP contribution is -2.18. The van der Waals surface area contributed by atoms with Gasteiger partial charge in [0.25, 0.3) is 0 Å². The van der Waals surface area contributed by atoms with E-state index in [1.807, 2.05) is 0 Å². The summed E-state index contributed by atoms with van der Waals surface area (Å²) in [5.74, 6) is -1.10. The highest BCUT2D eigenvalue weighted by atomic mass is 16.6. The second-order valence-corrected chi connectivity index (χ2v) is 3.01. The number of hydrogen-bond donors (Lipinski definition) is 1. The van der Waals surface area contributed by atoms with Crippen LogP contribution in [0.25, 0.3) is 0 Å². The van der Waals surface area contributed by atoms with Crippen LogP contribution in [0.5, 0.6) is 5.75 Å². The topological polar surface area (TPSA) is 81.7 Å². The molecule has 0 fully saturated rings. The second-order valence-electron chi connectivity index (χ2n) is 3.01. The van der Waals surface area contributed by atoms with Crippen LogP contribution in [0.15, 0.2) is 24.3 Å². The molecular formula is C11H11NO5. The van der Waals surface area contributed by atoms with E-state index in [9.17, 15) is 14.4 Å². The molecule has 0 aliphatic carbocycles. The number of benzene rings is 1. The molecule has 1 aromatic carbocycles. The molecule has 0 bridgehead atoms. The minimum atomic E-state index is -0.722. The third-order valence-corrected chi connectivity index (χ3v) is 1.72. The molecule has 0 heterocycles. The molecule has 0 aromatic heterocycles. The van der Waals surface area contributed by atoms with Crippen molar-refractivity contribution in [3.63, 3.8) is 0 Å². The molecule has 0 unspecified atom stereocenters. The standard InChI is InChI=1S/C11H11NO5/c1-8(14)16-6-11(15)17-10-5-3-2-4-9(10)12-7-13/h2-5,7H,6H2,1H3,(H,12,13). The first kappa shape index (κ1) is 12.7. The Hall–Kier alpha value is -2.37. The minimum absolute atomic E-state index is 0.191. The van der Waals surface area contributed by atoms with Crippen LogP contribution < -0.4 is 10.1 Å². The predicted molar refractivity (Wildman–Crippen MR) is 58.4 cm³/mol. The molecule has 0 atom stereocenters. The van der Waals surface area contributed by atoms with Crippen molar-refractivity contribution in [2.45, 2.75) is 6.92 Å². The molecule has 1 amide bonds.